The molecule has 2 rings (SSSR count). The second-order valence-electron chi connectivity index (χ2n) is 5.40. The zero-order valence-corrected chi connectivity index (χ0v) is 13.2. The second kappa shape index (κ2) is 8.76. The van der Waals surface area contributed by atoms with Crippen LogP contribution in [0.3, 0.4) is 0 Å². The molecule has 5 heteroatoms. The first-order valence-corrected chi connectivity index (χ1v) is 7.98. The molecule has 1 amide bonds. The molecule has 0 bridgehead atoms. The highest BCUT2D eigenvalue weighted by molar-refractivity contribution is 5.94. The van der Waals surface area contributed by atoms with Crippen molar-refractivity contribution in [3.63, 3.8) is 0 Å². The predicted molar refractivity (Wildman–Crippen MR) is 84.2 cm³/mol. The van der Waals surface area contributed by atoms with Crippen LogP contribution in [-0.4, -0.2) is 54.9 Å². The Morgan fingerprint density at radius 3 is 3.00 bits per heavy atom. The standard InChI is InChI=1S/C17H25NO4/c1-2-21-10-11-22-16-8-5-6-14(12-16)17(20)18-9-4-3-7-15(18)13-19/h5-6,8,12,15,19H,2-4,7,9-11,13H2,1H3/t15-/m0/s1. The molecule has 1 aliphatic rings. The van der Waals surface area contributed by atoms with Gasteiger partial charge in [-0.1, -0.05) is 6.07 Å². The van der Waals surface area contributed by atoms with E-state index in [-0.39, 0.29) is 18.6 Å². The zero-order chi connectivity index (χ0) is 15.8. The third-order valence-electron chi connectivity index (χ3n) is 3.88. The maximum atomic E-state index is 12.6. The van der Waals surface area contributed by atoms with E-state index in [1.54, 1.807) is 17.0 Å². The highest BCUT2D eigenvalue weighted by atomic mass is 16.5. The molecule has 0 radical (unpaired) electrons. The maximum absolute atomic E-state index is 12.6. The lowest BCUT2D eigenvalue weighted by atomic mass is 10.0. The molecule has 1 N–H and O–H groups in total. The van der Waals surface area contributed by atoms with Gasteiger partial charge in [0.1, 0.15) is 12.4 Å². The van der Waals surface area contributed by atoms with E-state index in [1.807, 2.05) is 19.1 Å². The summed E-state index contributed by atoms with van der Waals surface area (Å²) in [5.41, 5.74) is 0.606. The molecule has 1 saturated heterocycles. The molecule has 1 aromatic carbocycles. The molecule has 1 aliphatic heterocycles. The SMILES string of the molecule is CCOCCOc1cccc(C(=O)N2CCCC[C@H]2CO)c1. The van der Waals surface area contributed by atoms with E-state index in [1.165, 1.54) is 0 Å². The van der Waals surface area contributed by atoms with E-state index in [4.69, 9.17) is 9.47 Å². The number of hydrogen-bond acceptors (Lipinski definition) is 4. The number of aliphatic hydroxyl groups is 1. The van der Waals surface area contributed by atoms with E-state index in [9.17, 15) is 9.90 Å². The molecule has 0 saturated carbocycles. The third kappa shape index (κ3) is 4.45. The van der Waals surface area contributed by atoms with Crippen LogP contribution in [0.25, 0.3) is 0 Å². The smallest absolute Gasteiger partial charge is 0.254 e. The van der Waals surface area contributed by atoms with Gasteiger partial charge in [-0.3, -0.25) is 4.79 Å². The van der Waals surface area contributed by atoms with Crippen LogP contribution in [0.1, 0.15) is 36.5 Å². The average molecular weight is 307 g/mol. The Bertz CT molecular complexity index is 477. The van der Waals surface area contributed by atoms with Crippen molar-refractivity contribution in [3.8, 4) is 5.75 Å². The molecule has 0 unspecified atom stereocenters. The van der Waals surface area contributed by atoms with Crippen molar-refractivity contribution in [2.24, 2.45) is 0 Å². The van der Waals surface area contributed by atoms with Crippen LogP contribution in [0.4, 0.5) is 0 Å². The van der Waals surface area contributed by atoms with Crippen LogP contribution in [0.2, 0.25) is 0 Å². The number of benzene rings is 1. The molecule has 1 fully saturated rings. The minimum atomic E-state index is -0.0659. The summed E-state index contributed by atoms with van der Waals surface area (Å²) in [6.07, 6.45) is 2.93. The summed E-state index contributed by atoms with van der Waals surface area (Å²) >= 11 is 0. The van der Waals surface area contributed by atoms with E-state index in [2.05, 4.69) is 0 Å². The Labute approximate surface area is 131 Å². The van der Waals surface area contributed by atoms with E-state index < -0.39 is 0 Å². The van der Waals surface area contributed by atoms with Crippen LogP contribution in [-0.2, 0) is 4.74 Å². The van der Waals surface area contributed by atoms with Gasteiger partial charge in [-0.25, -0.2) is 0 Å². The number of ether oxygens (including phenoxy) is 2. The van der Waals surface area contributed by atoms with Gasteiger partial charge in [0.15, 0.2) is 0 Å². The summed E-state index contributed by atoms with van der Waals surface area (Å²) in [5.74, 6) is 0.636. The van der Waals surface area contributed by atoms with Crippen LogP contribution in [0.5, 0.6) is 5.75 Å². The molecule has 22 heavy (non-hydrogen) atoms. The molecule has 122 valence electrons. The molecule has 0 spiro atoms. The van der Waals surface area contributed by atoms with Gasteiger partial charge >= 0.3 is 0 Å². The number of aliphatic hydroxyl groups excluding tert-OH is 1. The minimum absolute atomic E-state index is 0.0241. The topological polar surface area (TPSA) is 59.0 Å². The molecular formula is C17H25NO4. The number of rotatable bonds is 7. The second-order valence-corrected chi connectivity index (χ2v) is 5.40. The van der Waals surface area contributed by atoms with Gasteiger partial charge in [-0.2, -0.15) is 0 Å². The first-order chi connectivity index (χ1) is 10.8. The lowest BCUT2D eigenvalue weighted by Gasteiger charge is -2.34. The Morgan fingerprint density at radius 2 is 2.23 bits per heavy atom. The molecule has 1 heterocycles. The molecule has 1 aromatic rings. The number of carbonyl (C=O) groups is 1. The number of hydrogen-bond donors (Lipinski definition) is 1. The number of likely N-dealkylation sites (tertiary alicyclic amines) is 1. The lowest BCUT2D eigenvalue weighted by Crippen LogP contribution is -2.45. The highest BCUT2D eigenvalue weighted by Gasteiger charge is 2.26. The fourth-order valence-corrected chi connectivity index (χ4v) is 2.71. The van der Waals surface area contributed by atoms with Crippen LogP contribution in [0, 0.1) is 0 Å². The Kier molecular flexibility index (Phi) is 6.68. The van der Waals surface area contributed by atoms with Crippen molar-refractivity contribution in [2.75, 3.05) is 33.0 Å². The van der Waals surface area contributed by atoms with Gasteiger partial charge in [0.05, 0.1) is 19.3 Å². The summed E-state index contributed by atoms with van der Waals surface area (Å²) in [7, 11) is 0. The third-order valence-corrected chi connectivity index (χ3v) is 3.88. The number of carbonyl (C=O) groups excluding carboxylic acids is 1. The van der Waals surface area contributed by atoms with Crippen LogP contribution >= 0.6 is 0 Å². The Balaban J connectivity index is 1.99. The average Bonchev–Trinajstić information content (AvgIpc) is 2.58. The van der Waals surface area contributed by atoms with Gasteiger partial charge in [0.25, 0.3) is 5.91 Å². The maximum Gasteiger partial charge on any atom is 0.254 e. The van der Waals surface area contributed by atoms with Crippen molar-refractivity contribution in [1.29, 1.82) is 0 Å². The van der Waals surface area contributed by atoms with Crippen molar-refractivity contribution in [2.45, 2.75) is 32.2 Å². The summed E-state index contributed by atoms with van der Waals surface area (Å²) in [4.78, 5) is 14.4. The monoisotopic (exact) mass is 307 g/mol. The molecule has 1 atom stereocenters. The van der Waals surface area contributed by atoms with Gasteiger partial charge in [-0.05, 0) is 44.4 Å². The number of amides is 1. The first-order valence-electron chi connectivity index (χ1n) is 7.98. The van der Waals surface area contributed by atoms with Gasteiger partial charge in [0, 0.05) is 18.7 Å². The summed E-state index contributed by atoms with van der Waals surface area (Å²) in [6.45, 7) is 4.34. The Hall–Kier alpha value is -1.59. The van der Waals surface area contributed by atoms with E-state index in [0.29, 0.717) is 37.7 Å². The van der Waals surface area contributed by atoms with Crippen LogP contribution in [0.15, 0.2) is 24.3 Å². The van der Waals surface area contributed by atoms with Crippen molar-refractivity contribution in [3.05, 3.63) is 29.8 Å². The largest absolute Gasteiger partial charge is 0.491 e. The number of nitrogens with zero attached hydrogens (tertiary/aromatic N) is 1. The first kappa shape index (κ1) is 16.8. The molecule has 5 nitrogen and oxygen atoms in total. The Morgan fingerprint density at radius 1 is 1.36 bits per heavy atom. The molecule has 0 aliphatic carbocycles. The normalized spacial score (nSPS) is 18.3. The fourth-order valence-electron chi connectivity index (χ4n) is 2.71. The van der Waals surface area contributed by atoms with Crippen LogP contribution < -0.4 is 4.74 Å². The predicted octanol–water partition coefficient (Wildman–Crippen LogP) is 2.09. The minimum Gasteiger partial charge on any atom is -0.491 e. The van der Waals surface area contributed by atoms with Crippen molar-refractivity contribution >= 4 is 5.91 Å². The number of piperidine rings is 1. The highest BCUT2D eigenvalue weighted by Crippen LogP contribution is 2.21. The molecule has 0 aromatic heterocycles. The van der Waals surface area contributed by atoms with E-state index >= 15 is 0 Å². The summed E-state index contributed by atoms with van der Waals surface area (Å²) < 4.78 is 10.8. The van der Waals surface area contributed by atoms with Gasteiger partial charge < -0.3 is 19.5 Å². The zero-order valence-electron chi connectivity index (χ0n) is 13.2. The van der Waals surface area contributed by atoms with Crippen molar-refractivity contribution < 1.29 is 19.4 Å². The quantitative estimate of drug-likeness (QED) is 0.784. The molecular weight excluding hydrogens is 282 g/mol. The fraction of sp³-hybridized carbons (Fsp3) is 0.588. The lowest BCUT2D eigenvalue weighted by molar-refractivity contribution is 0.0502. The van der Waals surface area contributed by atoms with Crippen molar-refractivity contribution in [1.82, 2.24) is 4.90 Å². The van der Waals surface area contributed by atoms with Gasteiger partial charge in [0.2, 0.25) is 0 Å². The summed E-state index contributed by atoms with van der Waals surface area (Å²) in [6, 6.07) is 7.14. The summed E-state index contributed by atoms with van der Waals surface area (Å²) in [5, 5.41) is 9.45. The van der Waals surface area contributed by atoms with Gasteiger partial charge in [-0.15, -0.1) is 0 Å². The van der Waals surface area contributed by atoms with E-state index in [0.717, 1.165) is 19.3 Å².